The number of anilines is 1. The Morgan fingerprint density at radius 2 is 1.80 bits per heavy atom. The summed E-state index contributed by atoms with van der Waals surface area (Å²) < 4.78 is 40.0. The van der Waals surface area contributed by atoms with E-state index in [0.29, 0.717) is 6.54 Å². The molecule has 7 heteroatoms. The minimum atomic E-state index is -3.85. The lowest BCUT2D eigenvalue weighted by molar-refractivity contribution is 0.598. The van der Waals surface area contributed by atoms with Crippen molar-refractivity contribution in [2.75, 3.05) is 4.72 Å². The first-order valence-corrected chi connectivity index (χ1v) is 7.55. The molecule has 0 atom stereocenters. The molecule has 4 nitrogen and oxygen atoms in total. The van der Waals surface area contributed by atoms with Gasteiger partial charge >= 0.3 is 0 Å². The second-order valence-electron chi connectivity index (χ2n) is 4.08. The van der Waals surface area contributed by atoms with Crippen molar-refractivity contribution >= 4 is 27.3 Å². The van der Waals surface area contributed by atoms with Crippen molar-refractivity contribution in [3.05, 3.63) is 58.9 Å². The highest BCUT2D eigenvalue weighted by Crippen LogP contribution is 2.22. The standard InChI is InChI=1S/C13H12ClFN2O2S/c14-10-3-6-13(12(15)7-10)17-20(18,19)11-4-1-9(8-16)2-5-11/h1-7,17H,8,16H2. The quantitative estimate of drug-likeness (QED) is 0.911. The van der Waals surface area contributed by atoms with Crippen molar-refractivity contribution in [3.8, 4) is 0 Å². The van der Waals surface area contributed by atoms with E-state index in [0.717, 1.165) is 11.6 Å². The van der Waals surface area contributed by atoms with Gasteiger partial charge in [-0.15, -0.1) is 0 Å². The molecule has 0 fully saturated rings. The third-order valence-electron chi connectivity index (χ3n) is 2.64. The zero-order valence-electron chi connectivity index (χ0n) is 10.3. The average molecular weight is 315 g/mol. The average Bonchev–Trinajstić information content (AvgIpc) is 2.42. The summed E-state index contributed by atoms with van der Waals surface area (Å²) >= 11 is 5.61. The molecule has 2 rings (SSSR count). The van der Waals surface area contributed by atoms with Crippen LogP contribution < -0.4 is 10.5 Å². The van der Waals surface area contributed by atoms with E-state index in [4.69, 9.17) is 17.3 Å². The van der Waals surface area contributed by atoms with Crippen molar-refractivity contribution in [1.82, 2.24) is 0 Å². The SMILES string of the molecule is NCc1ccc(S(=O)(=O)Nc2ccc(Cl)cc2F)cc1. The normalized spacial score (nSPS) is 11.3. The summed E-state index contributed by atoms with van der Waals surface area (Å²) in [4.78, 5) is 0.0315. The monoisotopic (exact) mass is 314 g/mol. The first-order valence-electron chi connectivity index (χ1n) is 5.69. The third kappa shape index (κ3) is 3.27. The van der Waals surface area contributed by atoms with E-state index >= 15 is 0 Å². The van der Waals surface area contributed by atoms with Crippen molar-refractivity contribution in [2.24, 2.45) is 5.73 Å². The Labute approximate surface area is 121 Å². The molecule has 0 saturated heterocycles. The molecule has 2 aromatic rings. The highest BCUT2D eigenvalue weighted by atomic mass is 35.5. The Kier molecular flexibility index (Phi) is 4.27. The van der Waals surface area contributed by atoms with Crippen LogP contribution in [0.3, 0.4) is 0 Å². The predicted octanol–water partition coefficient (Wildman–Crippen LogP) is 2.74. The molecule has 0 aromatic heterocycles. The summed E-state index contributed by atoms with van der Waals surface area (Å²) in [6, 6.07) is 9.75. The molecule has 0 aliphatic heterocycles. The van der Waals surface area contributed by atoms with Crippen LogP contribution in [0.2, 0.25) is 5.02 Å². The van der Waals surface area contributed by atoms with Gasteiger partial charge in [-0.2, -0.15) is 0 Å². The molecule has 0 unspecified atom stereocenters. The summed E-state index contributed by atoms with van der Waals surface area (Å²) in [6.45, 7) is 0.319. The summed E-state index contributed by atoms with van der Waals surface area (Å²) in [5.74, 6) is -0.736. The van der Waals surface area contributed by atoms with E-state index in [1.54, 1.807) is 12.1 Å². The van der Waals surface area contributed by atoms with E-state index in [2.05, 4.69) is 4.72 Å². The third-order valence-corrected chi connectivity index (χ3v) is 4.26. The number of hydrogen-bond acceptors (Lipinski definition) is 3. The number of halogens is 2. The van der Waals surface area contributed by atoms with Gasteiger partial charge in [-0.05, 0) is 35.9 Å². The molecular weight excluding hydrogens is 303 g/mol. The van der Waals surface area contributed by atoms with Gasteiger partial charge in [0.25, 0.3) is 10.0 Å². The van der Waals surface area contributed by atoms with Crippen LogP contribution in [0.5, 0.6) is 0 Å². The number of nitrogens with two attached hydrogens (primary N) is 1. The second-order valence-corrected chi connectivity index (χ2v) is 6.20. The highest BCUT2D eigenvalue weighted by Gasteiger charge is 2.16. The number of sulfonamides is 1. The molecule has 0 bridgehead atoms. The smallest absolute Gasteiger partial charge is 0.261 e. The van der Waals surface area contributed by atoms with Crippen molar-refractivity contribution < 1.29 is 12.8 Å². The molecule has 0 spiro atoms. The lowest BCUT2D eigenvalue weighted by Crippen LogP contribution is -2.14. The fraction of sp³-hybridized carbons (Fsp3) is 0.0769. The van der Waals surface area contributed by atoms with Crippen LogP contribution in [0.4, 0.5) is 10.1 Å². The van der Waals surface area contributed by atoms with E-state index in [9.17, 15) is 12.8 Å². The molecule has 0 aliphatic carbocycles. The Morgan fingerprint density at radius 1 is 1.15 bits per heavy atom. The van der Waals surface area contributed by atoms with Gasteiger partial charge in [-0.25, -0.2) is 12.8 Å². The van der Waals surface area contributed by atoms with Crippen LogP contribution in [0.1, 0.15) is 5.56 Å². The van der Waals surface area contributed by atoms with Crippen LogP contribution in [0.15, 0.2) is 47.4 Å². The van der Waals surface area contributed by atoms with Crippen LogP contribution in [-0.2, 0) is 16.6 Å². The van der Waals surface area contributed by atoms with Gasteiger partial charge in [0, 0.05) is 11.6 Å². The molecule has 0 amide bonds. The maximum atomic E-state index is 13.6. The van der Waals surface area contributed by atoms with Gasteiger partial charge in [-0.1, -0.05) is 23.7 Å². The first-order chi connectivity index (χ1) is 9.42. The van der Waals surface area contributed by atoms with Crippen LogP contribution >= 0.6 is 11.6 Å². The zero-order valence-corrected chi connectivity index (χ0v) is 11.9. The topological polar surface area (TPSA) is 72.2 Å². The number of nitrogens with one attached hydrogen (secondary N) is 1. The maximum Gasteiger partial charge on any atom is 0.261 e. The zero-order chi connectivity index (χ0) is 14.8. The Balaban J connectivity index is 2.30. The molecule has 0 heterocycles. The van der Waals surface area contributed by atoms with Crippen molar-refractivity contribution in [3.63, 3.8) is 0 Å². The number of benzene rings is 2. The van der Waals surface area contributed by atoms with E-state index in [1.165, 1.54) is 24.3 Å². The minimum Gasteiger partial charge on any atom is -0.326 e. The molecular formula is C13H12ClFN2O2S. The van der Waals surface area contributed by atoms with E-state index in [1.807, 2.05) is 0 Å². The van der Waals surface area contributed by atoms with Crippen molar-refractivity contribution in [1.29, 1.82) is 0 Å². The molecule has 0 saturated carbocycles. The van der Waals surface area contributed by atoms with Gasteiger partial charge in [0.05, 0.1) is 10.6 Å². The Morgan fingerprint density at radius 3 is 2.35 bits per heavy atom. The molecule has 106 valence electrons. The summed E-state index contributed by atoms with van der Waals surface area (Å²) in [7, 11) is -3.85. The van der Waals surface area contributed by atoms with Gasteiger partial charge in [0.15, 0.2) is 0 Å². The molecule has 3 N–H and O–H groups in total. The summed E-state index contributed by atoms with van der Waals surface area (Å²) in [6.07, 6.45) is 0. The van der Waals surface area contributed by atoms with Gasteiger partial charge in [0.2, 0.25) is 0 Å². The number of rotatable bonds is 4. The van der Waals surface area contributed by atoms with Crippen LogP contribution in [-0.4, -0.2) is 8.42 Å². The molecule has 0 aliphatic rings. The number of hydrogen-bond donors (Lipinski definition) is 2. The van der Waals surface area contributed by atoms with Crippen molar-refractivity contribution in [2.45, 2.75) is 11.4 Å². The molecule has 0 radical (unpaired) electrons. The first kappa shape index (κ1) is 14.8. The minimum absolute atomic E-state index is 0.0315. The van der Waals surface area contributed by atoms with Crippen LogP contribution in [0.25, 0.3) is 0 Å². The Bertz CT molecular complexity index is 718. The molecule has 2 aromatic carbocycles. The molecule has 20 heavy (non-hydrogen) atoms. The highest BCUT2D eigenvalue weighted by molar-refractivity contribution is 7.92. The summed E-state index contributed by atoms with van der Waals surface area (Å²) in [5, 5.41) is 0.192. The fourth-order valence-corrected chi connectivity index (χ4v) is 2.81. The predicted molar refractivity (Wildman–Crippen MR) is 76.6 cm³/mol. The maximum absolute atomic E-state index is 13.6. The lowest BCUT2D eigenvalue weighted by Gasteiger charge is -2.09. The fourth-order valence-electron chi connectivity index (χ4n) is 1.58. The van der Waals surface area contributed by atoms with Gasteiger partial charge < -0.3 is 5.73 Å². The van der Waals surface area contributed by atoms with E-state index < -0.39 is 15.8 Å². The largest absolute Gasteiger partial charge is 0.326 e. The van der Waals surface area contributed by atoms with Crippen LogP contribution in [0, 0.1) is 5.82 Å². The van der Waals surface area contributed by atoms with Gasteiger partial charge in [0.1, 0.15) is 5.82 Å². The Hall–Kier alpha value is -1.63. The second kappa shape index (κ2) is 5.78. The van der Waals surface area contributed by atoms with E-state index in [-0.39, 0.29) is 15.6 Å². The lowest BCUT2D eigenvalue weighted by atomic mass is 10.2. The van der Waals surface area contributed by atoms with Gasteiger partial charge in [-0.3, -0.25) is 4.72 Å². The summed E-state index contributed by atoms with van der Waals surface area (Å²) in [5.41, 5.74) is 6.09.